The zero-order chi connectivity index (χ0) is 15.3. The average Bonchev–Trinajstić information content (AvgIpc) is 2.93. The second kappa shape index (κ2) is 4.68. The lowest BCUT2D eigenvalue weighted by molar-refractivity contribution is 0.597. The minimum atomic E-state index is -3.49. The minimum Gasteiger partial charge on any atom is -0.218 e. The first kappa shape index (κ1) is 13.5. The third-order valence-corrected chi connectivity index (χ3v) is 6.29. The maximum atomic E-state index is 13.0. The molecule has 3 aromatic rings. The Hall–Kier alpha value is -2.13. The zero-order valence-corrected chi connectivity index (χ0v) is 13.2. The highest BCUT2D eigenvalue weighted by molar-refractivity contribution is 7.91. The summed E-state index contributed by atoms with van der Waals surface area (Å²) in [6.45, 7) is 1.95. The van der Waals surface area contributed by atoms with Crippen LogP contribution < -0.4 is 0 Å². The summed E-state index contributed by atoms with van der Waals surface area (Å²) in [5.41, 5.74) is 3.57. The van der Waals surface area contributed by atoms with Crippen LogP contribution in [0.15, 0.2) is 64.4 Å². The van der Waals surface area contributed by atoms with Gasteiger partial charge in [-0.1, -0.05) is 42.0 Å². The van der Waals surface area contributed by atoms with Gasteiger partial charge < -0.3 is 0 Å². The Kier molecular flexibility index (Phi) is 2.88. The highest BCUT2D eigenvalue weighted by Gasteiger charge is 2.23. The van der Waals surface area contributed by atoms with Gasteiger partial charge in [0, 0.05) is 5.39 Å². The van der Waals surface area contributed by atoms with Crippen molar-refractivity contribution in [2.24, 2.45) is 0 Å². The minimum absolute atomic E-state index is 0.358. The number of sulfone groups is 1. The number of aryl methyl sites for hydroxylation is 3. The summed E-state index contributed by atoms with van der Waals surface area (Å²) in [6, 6.07) is 16.8. The van der Waals surface area contributed by atoms with Gasteiger partial charge in [-0.3, -0.25) is 0 Å². The van der Waals surface area contributed by atoms with Crippen molar-refractivity contribution in [2.45, 2.75) is 29.6 Å². The molecule has 3 aromatic carbocycles. The normalized spacial score (nSPS) is 13.7. The molecule has 1 aliphatic carbocycles. The van der Waals surface area contributed by atoms with Gasteiger partial charge in [-0.15, -0.1) is 0 Å². The molecule has 0 bridgehead atoms. The molecule has 110 valence electrons. The highest BCUT2D eigenvalue weighted by atomic mass is 32.2. The van der Waals surface area contributed by atoms with E-state index >= 15 is 0 Å². The molecule has 0 saturated carbocycles. The second-order valence-electron chi connectivity index (χ2n) is 5.88. The molecule has 0 spiro atoms. The Morgan fingerprint density at radius 1 is 0.818 bits per heavy atom. The lowest BCUT2D eigenvalue weighted by Crippen LogP contribution is -2.03. The number of rotatable bonds is 2. The highest BCUT2D eigenvalue weighted by Crippen LogP contribution is 2.36. The molecule has 0 fully saturated rings. The predicted molar refractivity (Wildman–Crippen MR) is 88.0 cm³/mol. The molecule has 0 N–H and O–H groups in total. The van der Waals surface area contributed by atoms with E-state index in [0.717, 1.165) is 29.2 Å². The predicted octanol–water partition coefficient (Wildman–Crippen LogP) is 4.08. The summed E-state index contributed by atoms with van der Waals surface area (Å²) >= 11 is 0. The number of benzene rings is 3. The van der Waals surface area contributed by atoms with Crippen LogP contribution in [-0.4, -0.2) is 8.42 Å². The van der Waals surface area contributed by atoms with Gasteiger partial charge in [0.1, 0.15) is 0 Å². The van der Waals surface area contributed by atoms with E-state index < -0.39 is 9.84 Å². The third kappa shape index (κ3) is 1.89. The van der Waals surface area contributed by atoms with Crippen molar-refractivity contribution in [3.8, 4) is 0 Å². The monoisotopic (exact) mass is 308 g/mol. The average molecular weight is 308 g/mol. The van der Waals surface area contributed by atoms with Crippen LogP contribution in [0.5, 0.6) is 0 Å². The lowest BCUT2D eigenvalue weighted by Gasteiger charge is -2.10. The van der Waals surface area contributed by atoms with E-state index in [2.05, 4.69) is 6.07 Å². The quantitative estimate of drug-likeness (QED) is 0.715. The smallest absolute Gasteiger partial charge is 0.207 e. The fourth-order valence-electron chi connectivity index (χ4n) is 3.30. The van der Waals surface area contributed by atoms with Crippen molar-refractivity contribution in [1.29, 1.82) is 0 Å². The molecule has 0 aromatic heterocycles. The van der Waals surface area contributed by atoms with E-state index in [4.69, 9.17) is 0 Å². The summed E-state index contributed by atoms with van der Waals surface area (Å²) in [5.74, 6) is 0. The molecule has 4 rings (SSSR count). The largest absolute Gasteiger partial charge is 0.218 e. The van der Waals surface area contributed by atoms with E-state index in [9.17, 15) is 8.42 Å². The molecule has 0 heterocycles. The van der Waals surface area contributed by atoms with E-state index in [1.165, 1.54) is 11.1 Å². The maximum absolute atomic E-state index is 13.0. The van der Waals surface area contributed by atoms with E-state index in [1.54, 1.807) is 18.2 Å². The Bertz CT molecular complexity index is 974. The van der Waals surface area contributed by atoms with Crippen molar-refractivity contribution in [3.63, 3.8) is 0 Å². The van der Waals surface area contributed by atoms with Crippen LogP contribution in [0.25, 0.3) is 10.8 Å². The van der Waals surface area contributed by atoms with Gasteiger partial charge in [0.15, 0.2) is 0 Å². The van der Waals surface area contributed by atoms with Gasteiger partial charge in [-0.2, -0.15) is 0 Å². The van der Waals surface area contributed by atoms with Gasteiger partial charge in [0.25, 0.3) is 0 Å². The molecule has 2 nitrogen and oxygen atoms in total. The maximum Gasteiger partial charge on any atom is 0.207 e. The Morgan fingerprint density at radius 3 is 2.23 bits per heavy atom. The molecule has 0 amide bonds. The van der Waals surface area contributed by atoms with Crippen LogP contribution in [0.3, 0.4) is 0 Å². The number of hydrogen-bond acceptors (Lipinski definition) is 2. The van der Waals surface area contributed by atoms with Crippen LogP contribution in [0.4, 0.5) is 0 Å². The van der Waals surface area contributed by atoms with Crippen molar-refractivity contribution in [3.05, 3.63) is 71.3 Å². The van der Waals surface area contributed by atoms with Gasteiger partial charge >= 0.3 is 0 Å². The summed E-state index contributed by atoms with van der Waals surface area (Å²) in [7, 11) is -3.49. The van der Waals surface area contributed by atoms with E-state index in [0.29, 0.717) is 9.79 Å². The van der Waals surface area contributed by atoms with E-state index in [-0.39, 0.29) is 0 Å². The Balaban J connectivity index is 2.01. The fraction of sp³-hybridized carbons (Fsp3) is 0.158. The first-order chi connectivity index (χ1) is 10.6. The molecule has 0 saturated heterocycles. The third-order valence-electron chi connectivity index (χ3n) is 4.46. The molecule has 0 unspecified atom stereocenters. The zero-order valence-electron chi connectivity index (χ0n) is 12.3. The van der Waals surface area contributed by atoms with Crippen LogP contribution in [0.2, 0.25) is 0 Å². The van der Waals surface area contributed by atoms with Crippen LogP contribution in [0.1, 0.15) is 16.7 Å². The molecule has 0 atom stereocenters. The summed E-state index contributed by atoms with van der Waals surface area (Å²) in [4.78, 5) is 0.774. The molecule has 0 radical (unpaired) electrons. The first-order valence-corrected chi connectivity index (χ1v) is 8.91. The van der Waals surface area contributed by atoms with E-state index in [1.807, 2.05) is 37.3 Å². The van der Waals surface area contributed by atoms with Crippen molar-refractivity contribution in [2.75, 3.05) is 0 Å². The van der Waals surface area contributed by atoms with Gasteiger partial charge in [-0.25, -0.2) is 8.42 Å². The van der Waals surface area contributed by atoms with Crippen molar-refractivity contribution in [1.82, 2.24) is 0 Å². The van der Waals surface area contributed by atoms with Crippen LogP contribution >= 0.6 is 0 Å². The van der Waals surface area contributed by atoms with Gasteiger partial charge in [0.05, 0.1) is 9.79 Å². The van der Waals surface area contributed by atoms with Gasteiger partial charge in [-0.05, 0) is 54.5 Å². The van der Waals surface area contributed by atoms with Crippen LogP contribution in [0, 0.1) is 6.92 Å². The molecule has 3 heteroatoms. The Labute approximate surface area is 130 Å². The molecular formula is C19H16O2S. The molecular weight excluding hydrogens is 292 g/mol. The summed E-state index contributed by atoms with van der Waals surface area (Å²) in [5, 5.41) is 1.99. The molecule has 22 heavy (non-hydrogen) atoms. The summed E-state index contributed by atoms with van der Waals surface area (Å²) < 4.78 is 26.0. The topological polar surface area (TPSA) is 34.1 Å². The lowest BCUT2D eigenvalue weighted by atomic mass is 10.1. The second-order valence-corrected chi connectivity index (χ2v) is 7.80. The van der Waals surface area contributed by atoms with Crippen molar-refractivity contribution >= 4 is 20.6 Å². The SMILES string of the molecule is Cc1ccc(S(=O)(=O)c2ccc3c4c(cccc24)CC3)cc1. The summed E-state index contributed by atoms with van der Waals surface area (Å²) in [6.07, 6.45) is 2.00. The molecule has 0 aliphatic heterocycles. The standard InChI is InChI=1S/C19H16O2S/c1-13-5-10-16(11-6-13)22(20,21)18-12-9-15-8-7-14-3-2-4-17(18)19(14)15/h2-6,9-12H,7-8H2,1H3. The first-order valence-electron chi connectivity index (χ1n) is 7.42. The molecule has 1 aliphatic rings. The van der Waals surface area contributed by atoms with Gasteiger partial charge in [0.2, 0.25) is 9.84 Å². The Morgan fingerprint density at radius 2 is 1.50 bits per heavy atom. The fourth-order valence-corrected chi connectivity index (χ4v) is 4.75. The van der Waals surface area contributed by atoms with Crippen LogP contribution in [-0.2, 0) is 22.7 Å². The van der Waals surface area contributed by atoms with Crippen molar-refractivity contribution < 1.29 is 8.42 Å². The number of hydrogen-bond donors (Lipinski definition) is 0.